The van der Waals surface area contributed by atoms with Gasteiger partial charge in [-0.05, 0) is 35.7 Å². The fraction of sp³-hybridized carbons (Fsp3) is 0.188. The summed E-state index contributed by atoms with van der Waals surface area (Å²) in [5.74, 6) is 1.75. The van der Waals surface area contributed by atoms with Crippen LogP contribution in [0.25, 0.3) is 11.5 Å². The topological polar surface area (TPSA) is 65.2 Å². The molecular weight excluding hydrogens is 300 g/mol. The molecule has 22 heavy (non-hydrogen) atoms. The summed E-state index contributed by atoms with van der Waals surface area (Å²) in [5.41, 5.74) is 1.60. The zero-order valence-electron chi connectivity index (χ0n) is 12.0. The molecule has 2 aromatic heterocycles. The van der Waals surface area contributed by atoms with Gasteiger partial charge in [0, 0.05) is 17.4 Å². The maximum atomic E-state index is 11.5. The van der Waals surface area contributed by atoms with E-state index >= 15 is 0 Å². The summed E-state index contributed by atoms with van der Waals surface area (Å²) < 4.78 is 10.8. The van der Waals surface area contributed by atoms with Crippen molar-refractivity contribution >= 4 is 17.1 Å². The number of thiophene rings is 1. The molecule has 0 N–H and O–H groups in total. The summed E-state index contributed by atoms with van der Waals surface area (Å²) in [6.45, 7) is 2.06. The Morgan fingerprint density at radius 3 is 2.77 bits per heavy atom. The second kappa shape index (κ2) is 6.53. The molecule has 5 nitrogen and oxygen atoms in total. The zero-order chi connectivity index (χ0) is 15.4. The lowest BCUT2D eigenvalue weighted by atomic mass is 10.1. The van der Waals surface area contributed by atoms with Gasteiger partial charge >= 0.3 is 0 Å². The van der Waals surface area contributed by atoms with E-state index in [1.807, 2.05) is 23.8 Å². The number of Topliss-reactive ketones (excluding diaryl/α,β-unsaturated/α-hetero) is 1. The minimum atomic E-state index is 0.116. The van der Waals surface area contributed by atoms with Crippen LogP contribution in [0.3, 0.4) is 0 Å². The molecular formula is C16H14N2O3S. The zero-order valence-corrected chi connectivity index (χ0v) is 12.8. The van der Waals surface area contributed by atoms with Gasteiger partial charge in [-0.3, -0.25) is 4.79 Å². The monoisotopic (exact) mass is 314 g/mol. The van der Waals surface area contributed by atoms with E-state index in [4.69, 9.17) is 9.26 Å². The van der Waals surface area contributed by atoms with Crippen molar-refractivity contribution in [1.29, 1.82) is 0 Å². The molecule has 0 fully saturated rings. The number of aromatic nitrogens is 2. The summed E-state index contributed by atoms with van der Waals surface area (Å²) in [5, 5.41) is 7.78. The Morgan fingerprint density at radius 1 is 1.27 bits per heavy atom. The summed E-state index contributed by atoms with van der Waals surface area (Å²) in [4.78, 5) is 15.8. The maximum absolute atomic E-state index is 11.5. The molecule has 2 heterocycles. The first-order valence-electron chi connectivity index (χ1n) is 6.87. The van der Waals surface area contributed by atoms with Crippen LogP contribution in [0, 0.1) is 0 Å². The lowest BCUT2D eigenvalue weighted by Crippen LogP contribution is -1.99. The van der Waals surface area contributed by atoms with E-state index in [-0.39, 0.29) is 12.4 Å². The summed E-state index contributed by atoms with van der Waals surface area (Å²) >= 11 is 1.57. The van der Waals surface area contributed by atoms with Crippen molar-refractivity contribution in [1.82, 2.24) is 10.1 Å². The Balaban J connectivity index is 1.62. The minimum absolute atomic E-state index is 0.116. The summed E-state index contributed by atoms with van der Waals surface area (Å²) in [6.07, 6.45) is 0.494. The molecule has 0 saturated heterocycles. The first-order chi connectivity index (χ1) is 10.8. The van der Waals surface area contributed by atoms with Crippen LogP contribution >= 0.6 is 11.3 Å². The smallest absolute Gasteiger partial charge is 0.258 e. The highest BCUT2D eigenvalue weighted by Crippen LogP contribution is 2.20. The van der Waals surface area contributed by atoms with E-state index in [9.17, 15) is 4.79 Å². The first kappa shape index (κ1) is 14.5. The Bertz CT molecular complexity index is 748. The standard InChI is InChI=1S/C16H14N2O3S/c1-2-14(19)11-3-5-13(6-4-11)20-9-15-17-16(21-18-15)12-7-8-22-10-12/h3-8,10H,2,9H2,1H3. The molecule has 0 bridgehead atoms. The van der Waals surface area contributed by atoms with Crippen molar-refractivity contribution in [2.24, 2.45) is 0 Å². The normalized spacial score (nSPS) is 10.6. The van der Waals surface area contributed by atoms with Gasteiger partial charge in [0.2, 0.25) is 5.82 Å². The third-order valence-electron chi connectivity index (χ3n) is 3.10. The van der Waals surface area contributed by atoms with Gasteiger partial charge in [-0.2, -0.15) is 16.3 Å². The molecule has 0 atom stereocenters. The fourth-order valence-corrected chi connectivity index (χ4v) is 2.53. The Kier molecular flexibility index (Phi) is 4.29. The molecule has 0 spiro atoms. The van der Waals surface area contributed by atoms with Gasteiger partial charge in [0.15, 0.2) is 12.4 Å². The van der Waals surface area contributed by atoms with Gasteiger partial charge in [-0.25, -0.2) is 0 Å². The highest BCUT2D eigenvalue weighted by molar-refractivity contribution is 7.08. The van der Waals surface area contributed by atoms with Crippen LogP contribution in [0.15, 0.2) is 45.6 Å². The molecule has 0 saturated carbocycles. The predicted octanol–water partition coefficient (Wildman–Crippen LogP) is 3.97. The van der Waals surface area contributed by atoms with E-state index in [2.05, 4.69) is 10.1 Å². The quantitative estimate of drug-likeness (QED) is 0.644. The third kappa shape index (κ3) is 3.23. The summed E-state index contributed by atoms with van der Waals surface area (Å²) in [6, 6.07) is 8.97. The second-order valence-corrected chi connectivity index (χ2v) is 5.40. The highest BCUT2D eigenvalue weighted by Gasteiger charge is 2.10. The minimum Gasteiger partial charge on any atom is -0.485 e. The maximum Gasteiger partial charge on any atom is 0.258 e. The molecule has 0 amide bonds. The van der Waals surface area contributed by atoms with Gasteiger partial charge < -0.3 is 9.26 Å². The largest absolute Gasteiger partial charge is 0.485 e. The number of ketones is 1. The second-order valence-electron chi connectivity index (χ2n) is 4.62. The Morgan fingerprint density at radius 2 is 2.09 bits per heavy atom. The molecule has 112 valence electrons. The number of carbonyl (C=O) groups excluding carboxylic acids is 1. The molecule has 0 aliphatic carbocycles. The Labute approximate surface area is 131 Å². The fourth-order valence-electron chi connectivity index (χ4n) is 1.91. The SMILES string of the molecule is CCC(=O)c1ccc(OCc2noc(-c3ccsc3)n2)cc1. The van der Waals surface area contributed by atoms with E-state index in [1.54, 1.807) is 35.6 Å². The van der Waals surface area contributed by atoms with E-state index in [0.717, 1.165) is 5.56 Å². The van der Waals surface area contributed by atoms with Crippen LogP contribution in [0.2, 0.25) is 0 Å². The predicted molar refractivity (Wildman–Crippen MR) is 83.0 cm³/mol. The molecule has 3 rings (SSSR count). The number of rotatable bonds is 6. The lowest BCUT2D eigenvalue weighted by molar-refractivity contribution is 0.0988. The van der Waals surface area contributed by atoms with Crippen LogP contribution in [-0.2, 0) is 6.61 Å². The van der Waals surface area contributed by atoms with Crippen molar-refractivity contribution in [3.05, 3.63) is 52.5 Å². The number of ether oxygens (including phenoxy) is 1. The van der Waals surface area contributed by atoms with Gasteiger partial charge in [-0.15, -0.1) is 0 Å². The van der Waals surface area contributed by atoms with Crippen LogP contribution in [0.4, 0.5) is 0 Å². The van der Waals surface area contributed by atoms with Gasteiger partial charge in [0.1, 0.15) is 5.75 Å². The molecule has 3 aromatic rings. The third-order valence-corrected chi connectivity index (χ3v) is 3.78. The molecule has 0 aliphatic rings. The van der Waals surface area contributed by atoms with Crippen LogP contribution in [0.1, 0.15) is 29.5 Å². The Hall–Kier alpha value is -2.47. The number of hydrogen-bond donors (Lipinski definition) is 0. The van der Waals surface area contributed by atoms with Crippen molar-refractivity contribution in [3.8, 4) is 17.2 Å². The molecule has 6 heteroatoms. The lowest BCUT2D eigenvalue weighted by Gasteiger charge is -2.04. The highest BCUT2D eigenvalue weighted by atomic mass is 32.1. The molecule has 0 unspecified atom stereocenters. The average Bonchev–Trinajstić information content (AvgIpc) is 3.23. The molecule has 1 aromatic carbocycles. The van der Waals surface area contributed by atoms with E-state index in [0.29, 0.717) is 29.4 Å². The van der Waals surface area contributed by atoms with Gasteiger partial charge in [-0.1, -0.05) is 12.1 Å². The number of hydrogen-bond acceptors (Lipinski definition) is 6. The summed E-state index contributed by atoms with van der Waals surface area (Å²) in [7, 11) is 0. The molecule has 0 radical (unpaired) electrons. The van der Waals surface area contributed by atoms with Crippen molar-refractivity contribution in [2.75, 3.05) is 0 Å². The average molecular weight is 314 g/mol. The first-order valence-corrected chi connectivity index (χ1v) is 7.81. The van der Waals surface area contributed by atoms with Crippen molar-refractivity contribution in [2.45, 2.75) is 20.0 Å². The van der Waals surface area contributed by atoms with Crippen LogP contribution in [0.5, 0.6) is 5.75 Å². The van der Waals surface area contributed by atoms with Crippen LogP contribution < -0.4 is 4.74 Å². The van der Waals surface area contributed by atoms with Crippen molar-refractivity contribution in [3.63, 3.8) is 0 Å². The van der Waals surface area contributed by atoms with Gasteiger partial charge in [0.05, 0.1) is 5.56 Å². The number of benzene rings is 1. The molecule has 0 aliphatic heterocycles. The number of carbonyl (C=O) groups is 1. The van der Waals surface area contributed by atoms with Gasteiger partial charge in [0.25, 0.3) is 5.89 Å². The van der Waals surface area contributed by atoms with E-state index < -0.39 is 0 Å². The number of nitrogens with zero attached hydrogens (tertiary/aromatic N) is 2. The van der Waals surface area contributed by atoms with Crippen LogP contribution in [-0.4, -0.2) is 15.9 Å². The van der Waals surface area contributed by atoms with Crippen molar-refractivity contribution < 1.29 is 14.1 Å². The van der Waals surface area contributed by atoms with E-state index in [1.165, 1.54) is 0 Å².